The van der Waals surface area contributed by atoms with Crippen molar-refractivity contribution in [2.45, 2.75) is 12.3 Å². The van der Waals surface area contributed by atoms with Gasteiger partial charge in [0.05, 0.1) is 0 Å². The summed E-state index contributed by atoms with van der Waals surface area (Å²) in [5, 5.41) is 0. The van der Waals surface area contributed by atoms with Crippen molar-refractivity contribution in [3.63, 3.8) is 0 Å². The molecule has 3 rings (SSSR count). The van der Waals surface area contributed by atoms with Crippen LogP contribution in [0.1, 0.15) is 18.0 Å². The van der Waals surface area contributed by atoms with Crippen molar-refractivity contribution in [1.82, 2.24) is 9.88 Å². The SMILES string of the molecule is C1=CC2=CCC(c3ccccn3)CN2C=C1. The molecule has 1 unspecified atom stereocenters. The van der Waals surface area contributed by atoms with Gasteiger partial charge in [-0.15, -0.1) is 0 Å². The Kier molecular flexibility index (Phi) is 2.33. The van der Waals surface area contributed by atoms with Crippen LogP contribution >= 0.6 is 0 Å². The van der Waals surface area contributed by atoms with Gasteiger partial charge in [0, 0.05) is 36.3 Å². The molecule has 0 aliphatic carbocycles. The maximum atomic E-state index is 4.44. The van der Waals surface area contributed by atoms with Crippen LogP contribution in [-0.2, 0) is 0 Å². The highest BCUT2D eigenvalue weighted by Crippen LogP contribution is 2.28. The summed E-state index contributed by atoms with van der Waals surface area (Å²) in [6.07, 6.45) is 13.7. The number of allylic oxidation sites excluding steroid dienone is 4. The van der Waals surface area contributed by atoms with E-state index in [2.05, 4.69) is 52.5 Å². The zero-order valence-electron chi connectivity index (χ0n) is 9.08. The number of aromatic nitrogens is 1. The van der Waals surface area contributed by atoms with E-state index < -0.39 is 0 Å². The van der Waals surface area contributed by atoms with Gasteiger partial charge in [0.25, 0.3) is 0 Å². The van der Waals surface area contributed by atoms with Crippen molar-refractivity contribution < 1.29 is 0 Å². The van der Waals surface area contributed by atoms with Crippen molar-refractivity contribution in [3.05, 3.63) is 66.3 Å². The number of hydrogen-bond donors (Lipinski definition) is 0. The fourth-order valence-electron chi connectivity index (χ4n) is 2.25. The molecule has 0 saturated carbocycles. The molecule has 0 bridgehead atoms. The van der Waals surface area contributed by atoms with E-state index in [9.17, 15) is 0 Å². The molecule has 2 aliphatic rings. The molecule has 2 nitrogen and oxygen atoms in total. The van der Waals surface area contributed by atoms with Crippen LogP contribution in [0.25, 0.3) is 0 Å². The van der Waals surface area contributed by atoms with Crippen LogP contribution in [-0.4, -0.2) is 16.4 Å². The minimum atomic E-state index is 0.515. The molecular formula is C14H14N2. The van der Waals surface area contributed by atoms with Gasteiger partial charge >= 0.3 is 0 Å². The van der Waals surface area contributed by atoms with E-state index in [1.165, 1.54) is 11.4 Å². The lowest BCUT2D eigenvalue weighted by Crippen LogP contribution is -2.27. The standard InChI is InChI=1S/C14H14N2/c1-3-9-15-14(6-1)12-7-8-13-5-2-4-10-16(13)11-12/h1-6,8-10,12H,7,11H2. The predicted octanol–water partition coefficient (Wildman–Crippen LogP) is 2.84. The molecule has 2 aliphatic heterocycles. The van der Waals surface area contributed by atoms with Crippen molar-refractivity contribution in [2.75, 3.05) is 6.54 Å². The lowest BCUT2D eigenvalue weighted by molar-refractivity contribution is 0.397. The molecular weight excluding hydrogens is 196 g/mol. The molecule has 80 valence electrons. The van der Waals surface area contributed by atoms with E-state index in [1.54, 1.807) is 0 Å². The Labute approximate surface area is 95.6 Å². The van der Waals surface area contributed by atoms with E-state index in [0.717, 1.165) is 13.0 Å². The third-order valence-corrected chi connectivity index (χ3v) is 3.11. The zero-order chi connectivity index (χ0) is 10.8. The second-order valence-corrected chi connectivity index (χ2v) is 4.17. The van der Waals surface area contributed by atoms with Gasteiger partial charge in [-0.1, -0.05) is 18.2 Å². The van der Waals surface area contributed by atoms with Gasteiger partial charge in [0.15, 0.2) is 0 Å². The minimum Gasteiger partial charge on any atom is -0.348 e. The summed E-state index contributed by atoms with van der Waals surface area (Å²) in [7, 11) is 0. The zero-order valence-corrected chi connectivity index (χ0v) is 9.08. The number of hydrogen-bond acceptors (Lipinski definition) is 2. The Bertz CT molecular complexity index is 457. The highest BCUT2D eigenvalue weighted by molar-refractivity contribution is 5.31. The Morgan fingerprint density at radius 3 is 3.12 bits per heavy atom. The Morgan fingerprint density at radius 1 is 1.25 bits per heavy atom. The van der Waals surface area contributed by atoms with Gasteiger partial charge in [-0.2, -0.15) is 0 Å². The third-order valence-electron chi connectivity index (χ3n) is 3.11. The lowest BCUT2D eigenvalue weighted by Gasteiger charge is -2.32. The molecule has 0 saturated heterocycles. The van der Waals surface area contributed by atoms with Crippen LogP contribution in [0.15, 0.2) is 60.6 Å². The van der Waals surface area contributed by atoms with Gasteiger partial charge in [0.2, 0.25) is 0 Å². The highest BCUT2D eigenvalue weighted by atomic mass is 15.1. The molecule has 0 fully saturated rings. The summed E-state index contributed by atoms with van der Waals surface area (Å²) >= 11 is 0. The minimum absolute atomic E-state index is 0.515. The van der Waals surface area contributed by atoms with Gasteiger partial charge in [0.1, 0.15) is 0 Å². The maximum Gasteiger partial charge on any atom is 0.0455 e. The van der Waals surface area contributed by atoms with Crippen LogP contribution in [0.4, 0.5) is 0 Å². The quantitative estimate of drug-likeness (QED) is 0.708. The first kappa shape index (κ1) is 9.40. The third kappa shape index (κ3) is 1.67. The lowest BCUT2D eigenvalue weighted by atomic mass is 9.95. The van der Waals surface area contributed by atoms with E-state index in [4.69, 9.17) is 0 Å². The van der Waals surface area contributed by atoms with Crippen molar-refractivity contribution in [2.24, 2.45) is 0 Å². The smallest absolute Gasteiger partial charge is 0.0455 e. The first-order valence-corrected chi connectivity index (χ1v) is 5.66. The summed E-state index contributed by atoms with van der Waals surface area (Å²) in [4.78, 5) is 6.74. The highest BCUT2D eigenvalue weighted by Gasteiger charge is 2.21. The fourth-order valence-corrected chi connectivity index (χ4v) is 2.25. The number of rotatable bonds is 1. The van der Waals surface area contributed by atoms with E-state index in [1.807, 2.05) is 12.3 Å². The number of nitrogens with zero attached hydrogens (tertiary/aromatic N) is 2. The first-order chi connectivity index (χ1) is 7.93. The monoisotopic (exact) mass is 210 g/mol. The summed E-state index contributed by atoms with van der Waals surface area (Å²) in [6.45, 7) is 1.03. The normalized spacial score (nSPS) is 22.9. The molecule has 1 aromatic heterocycles. The molecule has 0 N–H and O–H groups in total. The molecule has 1 atom stereocenters. The van der Waals surface area contributed by atoms with E-state index in [-0.39, 0.29) is 0 Å². The molecule has 3 heterocycles. The Hall–Kier alpha value is -1.83. The van der Waals surface area contributed by atoms with E-state index in [0.29, 0.717) is 5.92 Å². The molecule has 0 amide bonds. The van der Waals surface area contributed by atoms with Gasteiger partial charge in [-0.3, -0.25) is 4.98 Å². The topological polar surface area (TPSA) is 16.1 Å². The number of pyridine rings is 1. The largest absolute Gasteiger partial charge is 0.348 e. The van der Waals surface area contributed by atoms with Gasteiger partial charge in [-0.05, 0) is 30.7 Å². The summed E-state index contributed by atoms with van der Waals surface area (Å²) in [5.74, 6) is 0.515. The summed E-state index contributed by atoms with van der Waals surface area (Å²) in [5.41, 5.74) is 2.51. The van der Waals surface area contributed by atoms with Crippen LogP contribution in [0, 0.1) is 0 Å². The summed E-state index contributed by atoms with van der Waals surface area (Å²) in [6, 6.07) is 6.15. The molecule has 2 heteroatoms. The Balaban J connectivity index is 1.85. The first-order valence-electron chi connectivity index (χ1n) is 5.66. The van der Waals surface area contributed by atoms with Crippen LogP contribution in [0.3, 0.4) is 0 Å². The Morgan fingerprint density at radius 2 is 2.25 bits per heavy atom. The van der Waals surface area contributed by atoms with Crippen molar-refractivity contribution in [3.8, 4) is 0 Å². The van der Waals surface area contributed by atoms with Crippen LogP contribution in [0.2, 0.25) is 0 Å². The molecule has 1 aromatic rings. The molecule has 0 radical (unpaired) electrons. The second-order valence-electron chi connectivity index (χ2n) is 4.17. The van der Waals surface area contributed by atoms with E-state index >= 15 is 0 Å². The number of fused-ring (bicyclic) bond motifs is 1. The van der Waals surface area contributed by atoms with Crippen molar-refractivity contribution in [1.29, 1.82) is 0 Å². The van der Waals surface area contributed by atoms with Gasteiger partial charge in [-0.25, -0.2) is 0 Å². The molecule has 0 spiro atoms. The molecule has 16 heavy (non-hydrogen) atoms. The average Bonchev–Trinajstić information content (AvgIpc) is 2.39. The predicted molar refractivity (Wildman–Crippen MR) is 64.7 cm³/mol. The van der Waals surface area contributed by atoms with Crippen LogP contribution in [0.5, 0.6) is 0 Å². The molecule has 0 aromatic carbocycles. The fraction of sp³-hybridized carbons (Fsp3) is 0.214. The summed E-state index contributed by atoms with van der Waals surface area (Å²) < 4.78 is 0. The maximum absolute atomic E-state index is 4.44. The van der Waals surface area contributed by atoms with Gasteiger partial charge < -0.3 is 4.90 Å². The second kappa shape index (κ2) is 3.97. The van der Waals surface area contributed by atoms with Crippen molar-refractivity contribution >= 4 is 0 Å². The average molecular weight is 210 g/mol. The van der Waals surface area contributed by atoms with Crippen LogP contribution < -0.4 is 0 Å².